The van der Waals surface area contributed by atoms with Gasteiger partial charge in [0.05, 0.1) is 15.5 Å². The molecule has 0 saturated heterocycles. The first-order chi connectivity index (χ1) is 9.49. The maximum absolute atomic E-state index is 12.0. The summed E-state index contributed by atoms with van der Waals surface area (Å²) in [5.41, 5.74) is -0.167. The number of hydrogen-bond acceptors (Lipinski definition) is 4. The Morgan fingerprint density at radius 2 is 1.90 bits per heavy atom. The molecule has 0 spiro atoms. The molecular weight excluding hydrogens is 305 g/mol. The van der Waals surface area contributed by atoms with Crippen molar-refractivity contribution in [2.45, 2.75) is 0 Å². The van der Waals surface area contributed by atoms with Gasteiger partial charge in [-0.25, -0.2) is 4.98 Å². The van der Waals surface area contributed by atoms with E-state index < -0.39 is 10.8 Å². The fraction of sp³-hybridized carbons (Fsp3) is 0. The lowest BCUT2D eigenvalue weighted by Gasteiger charge is -2.06. The number of nitrogens with one attached hydrogen (secondary N) is 1. The van der Waals surface area contributed by atoms with Crippen LogP contribution in [0.15, 0.2) is 36.4 Å². The molecule has 0 fully saturated rings. The average Bonchev–Trinajstić information content (AvgIpc) is 2.38. The van der Waals surface area contributed by atoms with E-state index in [9.17, 15) is 14.9 Å². The van der Waals surface area contributed by atoms with E-state index in [2.05, 4.69) is 10.3 Å². The summed E-state index contributed by atoms with van der Waals surface area (Å²) in [4.78, 5) is 26.0. The molecule has 8 heteroatoms. The number of amides is 1. The van der Waals surface area contributed by atoms with Gasteiger partial charge in [0.1, 0.15) is 5.15 Å². The number of carbonyl (C=O) groups is 1. The van der Waals surface area contributed by atoms with Gasteiger partial charge in [-0.2, -0.15) is 0 Å². The van der Waals surface area contributed by atoms with E-state index in [1.165, 1.54) is 18.2 Å². The van der Waals surface area contributed by atoms with Crippen LogP contribution in [0.5, 0.6) is 0 Å². The van der Waals surface area contributed by atoms with Gasteiger partial charge in [0.2, 0.25) is 5.82 Å². The number of aromatic nitrogens is 1. The molecule has 2 aromatic rings. The first kappa shape index (κ1) is 14.2. The van der Waals surface area contributed by atoms with Crippen LogP contribution in [-0.4, -0.2) is 15.8 Å². The molecule has 1 N–H and O–H groups in total. The minimum absolute atomic E-state index is 0.0325. The van der Waals surface area contributed by atoms with Crippen molar-refractivity contribution in [2.75, 3.05) is 5.32 Å². The molecule has 0 saturated carbocycles. The van der Waals surface area contributed by atoms with Crippen molar-refractivity contribution in [3.8, 4) is 0 Å². The number of anilines is 1. The van der Waals surface area contributed by atoms with Crippen LogP contribution in [0.25, 0.3) is 0 Å². The summed E-state index contributed by atoms with van der Waals surface area (Å²) in [7, 11) is 0. The highest BCUT2D eigenvalue weighted by Gasteiger charge is 2.19. The Kier molecular flexibility index (Phi) is 4.16. The second kappa shape index (κ2) is 5.85. The monoisotopic (exact) mass is 311 g/mol. The van der Waals surface area contributed by atoms with Crippen LogP contribution < -0.4 is 5.32 Å². The van der Waals surface area contributed by atoms with Crippen LogP contribution in [0.2, 0.25) is 10.2 Å². The first-order valence-corrected chi connectivity index (χ1v) is 6.11. The molecule has 2 rings (SSSR count). The topological polar surface area (TPSA) is 85.1 Å². The van der Waals surface area contributed by atoms with Gasteiger partial charge >= 0.3 is 5.69 Å². The zero-order valence-electron chi connectivity index (χ0n) is 9.84. The maximum atomic E-state index is 12.0. The van der Waals surface area contributed by atoms with Gasteiger partial charge in [-0.05, 0) is 18.2 Å². The van der Waals surface area contributed by atoms with E-state index in [0.717, 1.165) is 6.07 Å². The van der Waals surface area contributed by atoms with E-state index in [4.69, 9.17) is 23.2 Å². The third-order valence-electron chi connectivity index (χ3n) is 2.39. The Balaban J connectivity index is 2.35. The number of carbonyl (C=O) groups excluding carboxylic acids is 1. The third kappa shape index (κ3) is 3.04. The number of rotatable bonds is 3. The highest BCUT2D eigenvalue weighted by molar-refractivity contribution is 6.34. The fourth-order valence-electron chi connectivity index (χ4n) is 1.49. The second-order valence-corrected chi connectivity index (χ2v) is 4.49. The molecule has 0 bridgehead atoms. The predicted molar refractivity (Wildman–Crippen MR) is 75.3 cm³/mol. The van der Waals surface area contributed by atoms with Crippen molar-refractivity contribution >= 4 is 40.6 Å². The average molecular weight is 312 g/mol. The van der Waals surface area contributed by atoms with Gasteiger partial charge < -0.3 is 5.32 Å². The second-order valence-electron chi connectivity index (χ2n) is 3.69. The smallest absolute Gasteiger partial charge is 0.301 e. The molecule has 0 aliphatic carbocycles. The Bertz CT molecular complexity index is 691. The minimum atomic E-state index is -0.661. The van der Waals surface area contributed by atoms with Crippen LogP contribution in [0, 0.1) is 10.1 Å². The highest BCUT2D eigenvalue weighted by atomic mass is 35.5. The van der Waals surface area contributed by atoms with Crippen LogP contribution in [-0.2, 0) is 0 Å². The van der Waals surface area contributed by atoms with Gasteiger partial charge in [-0.15, -0.1) is 0 Å². The van der Waals surface area contributed by atoms with Crippen molar-refractivity contribution in [1.29, 1.82) is 0 Å². The van der Waals surface area contributed by atoms with Gasteiger partial charge in [-0.3, -0.25) is 14.9 Å². The molecule has 1 heterocycles. The summed E-state index contributed by atoms with van der Waals surface area (Å²) < 4.78 is 0. The van der Waals surface area contributed by atoms with Gasteiger partial charge in [-0.1, -0.05) is 35.3 Å². The maximum Gasteiger partial charge on any atom is 0.311 e. The van der Waals surface area contributed by atoms with Crippen molar-refractivity contribution in [3.63, 3.8) is 0 Å². The number of hydrogen-bond donors (Lipinski definition) is 1. The van der Waals surface area contributed by atoms with E-state index >= 15 is 0 Å². The van der Waals surface area contributed by atoms with E-state index in [1.54, 1.807) is 12.1 Å². The summed E-state index contributed by atoms with van der Waals surface area (Å²) in [6.45, 7) is 0. The van der Waals surface area contributed by atoms with Crippen molar-refractivity contribution in [3.05, 3.63) is 62.3 Å². The normalized spacial score (nSPS) is 10.1. The lowest BCUT2D eigenvalue weighted by molar-refractivity contribution is -0.384. The molecule has 0 aliphatic heterocycles. The number of pyridine rings is 1. The predicted octanol–water partition coefficient (Wildman–Crippen LogP) is 3.55. The molecule has 102 valence electrons. The van der Waals surface area contributed by atoms with Crippen LogP contribution in [0.3, 0.4) is 0 Å². The lowest BCUT2D eigenvalue weighted by Crippen LogP contribution is -2.14. The van der Waals surface area contributed by atoms with Crippen molar-refractivity contribution in [1.82, 2.24) is 4.98 Å². The van der Waals surface area contributed by atoms with Gasteiger partial charge in [0, 0.05) is 6.07 Å². The minimum Gasteiger partial charge on any atom is -0.301 e. The molecule has 1 aromatic heterocycles. The third-order valence-corrected chi connectivity index (χ3v) is 2.93. The van der Waals surface area contributed by atoms with Crippen LogP contribution in [0.1, 0.15) is 10.4 Å². The lowest BCUT2D eigenvalue weighted by atomic mass is 10.2. The van der Waals surface area contributed by atoms with Gasteiger partial charge in [0.15, 0.2) is 0 Å². The molecule has 6 nitrogen and oxygen atoms in total. The van der Waals surface area contributed by atoms with Gasteiger partial charge in [0.25, 0.3) is 5.91 Å². The molecule has 0 aliphatic rings. The Hall–Kier alpha value is -2.18. The molecule has 0 radical (unpaired) electrons. The van der Waals surface area contributed by atoms with E-state index in [1.807, 2.05) is 0 Å². The quantitative estimate of drug-likeness (QED) is 0.533. The Labute approximate surface area is 123 Å². The molecular formula is C12H7Cl2N3O3. The number of nitro groups is 1. The highest BCUT2D eigenvalue weighted by Crippen LogP contribution is 2.25. The molecule has 0 unspecified atom stereocenters. The SMILES string of the molecule is O=C(Nc1nc(Cl)ccc1[N+](=O)[O-])c1ccccc1Cl. The molecule has 1 aromatic carbocycles. The van der Waals surface area contributed by atoms with Crippen molar-refractivity contribution < 1.29 is 9.72 Å². The summed E-state index contributed by atoms with van der Waals surface area (Å²) in [6, 6.07) is 8.76. The van der Waals surface area contributed by atoms with Crippen LogP contribution >= 0.6 is 23.2 Å². The molecule has 1 amide bonds. The van der Waals surface area contributed by atoms with E-state index in [0.29, 0.717) is 0 Å². The zero-order valence-corrected chi connectivity index (χ0v) is 11.4. The van der Waals surface area contributed by atoms with E-state index in [-0.39, 0.29) is 27.2 Å². The summed E-state index contributed by atoms with van der Waals surface area (Å²) in [5, 5.41) is 13.5. The zero-order chi connectivity index (χ0) is 14.7. The molecule has 20 heavy (non-hydrogen) atoms. The number of nitrogens with zero attached hydrogens (tertiary/aromatic N) is 2. The standard InChI is InChI=1S/C12H7Cl2N3O3/c13-8-4-2-1-3-7(8)12(18)16-11-9(17(19)20)5-6-10(14)15-11/h1-6H,(H,15,16,18). The molecule has 0 atom stereocenters. The number of benzene rings is 1. The summed E-state index contributed by atoms with van der Waals surface area (Å²) >= 11 is 11.5. The van der Waals surface area contributed by atoms with Crippen LogP contribution in [0.4, 0.5) is 11.5 Å². The first-order valence-electron chi connectivity index (χ1n) is 5.36. The summed E-state index contributed by atoms with van der Waals surface area (Å²) in [5.74, 6) is -0.833. The largest absolute Gasteiger partial charge is 0.311 e. The van der Waals surface area contributed by atoms with Crippen molar-refractivity contribution in [2.24, 2.45) is 0 Å². The summed E-state index contributed by atoms with van der Waals surface area (Å²) in [6.07, 6.45) is 0. The Morgan fingerprint density at radius 1 is 1.20 bits per heavy atom. The number of halogens is 2. The fourth-order valence-corrected chi connectivity index (χ4v) is 1.86. The Morgan fingerprint density at radius 3 is 2.55 bits per heavy atom.